The number of carbonyl (C=O) groups is 1. The molecule has 1 aromatic carbocycles. The van der Waals surface area contributed by atoms with E-state index in [0.29, 0.717) is 6.04 Å². The van der Waals surface area contributed by atoms with Gasteiger partial charge in [0.2, 0.25) is 0 Å². The third-order valence-corrected chi connectivity index (χ3v) is 3.92. The van der Waals surface area contributed by atoms with E-state index in [1.54, 1.807) is 0 Å². The maximum atomic E-state index is 12.3. The summed E-state index contributed by atoms with van der Waals surface area (Å²) in [6.07, 6.45) is 3.37. The highest BCUT2D eigenvalue weighted by molar-refractivity contribution is 14.1. The van der Waals surface area contributed by atoms with E-state index in [1.807, 2.05) is 29.2 Å². The molecular formula is C13H16INO. The molecule has 0 saturated carbocycles. The first kappa shape index (κ1) is 11.9. The van der Waals surface area contributed by atoms with Crippen LogP contribution in [0.3, 0.4) is 0 Å². The Labute approximate surface area is 110 Å². The van der Waals surface area contributed by atoms with E-state index >= 15 is 0 Å². The van der Waals surface area contributed by atoms with Gasteiger partial charge in [-0.2, -0.15) is 0 Å². The maximum Gasteiger partial charge on any atom is 0.254 e. The van der Waals surface area contributed by atoms with Crippen molar-refractivity contribution in [2.45, 2.75) is 32.2 Å². The molecule has 0 N–H and O–H groups in total. The molecule has 0 aromatic heterocycles. The molecule has 3 heteroatoms. The lowest BCUT2D eigenvalue weighted by Crippen LogP contribution is -2.35. The van der Waals surface area contributed by atoms with Crippen molar-refractivity contribution >= 4 is 28.5 Å². The van der Waals surface area contributed by atoms with Gasteiger partial charge in [-0.3, -0.25) is 4.79 Å². The number of carbonyl (C=O) groups excluding carboxylic acids is 1. The fraction of sp³-hybridized carbons (Fsp3) is 0.462. The first-order valence-corrected chi connectivity index (χ1v) is 6.86. The minimum atomic E-state index is 0.195. The number of rotatable bonds is 2. The summed E-state index contributed by atoms with van der Waals surface area (Å²) in [5.41, 5.74) is 0.820. The summed E-state index contributed by atoms with van der Waals surface area (Å²) in [6, 6.07) is 8.28. The lowest BCUT2D eigenvalue weighted by Gasteiger charge is -2.23. The van der Waals surface area contributed by atoms with Crippen LogP contribution in [0, 0.1) is 3.57 Å². The summed E-state index contributed by atoms with van der Waals surface area (Å²) in [5.74, 6) is 0.195. The van der Waals surface area contributed by atoms with Crippen molar-refractivity contribution in [2.24, 2.45) is 0 Å². The van der Waals surface area contributed by atoms with Gasteiger partial charge < -0.3 is 4.90 Å². The van der Waals surface area contributed by atoms with Crippen LogP contribution < -0.4 is 0 Å². The van der Waals surface area contributed by atoms with Crippen LogP contribution in [0.1, 0.15) is 36.5 Å². The standard InChI is InChI=1S/C13H16INO/c1-2-12-4-3-9-15(12)13(16)10-5-7-11(14)8-6-10/h5-8,12H,2-4,9H2,1H3. The zero-order valence-corrected chi connectivity index (χ0v) is 11.6. The summed E-state index contributed by atoms with van der Waals surface area (Å²) in [4.78, 5) is 14.3. The third-order valence-electron chi connectivity index (χ3n) is 3.20. The Morgan fingerprint density at radius 2 is 2.12 bits per heavy atom. The predicted molar refractivity (Wildman–Crippen MR) is 73.5 cm³/mol. The van der Waals surface area contributed by atoms with Gasteiger partial charge in [0.05, 0.1) is 0 Å². The topological polar surface area (TPSA) is 20.3 Å². The number of amides is 1. The average Bonchev–Trinajstić information content (AvgIpc) is 2.77. The Bertz CT molecular complexity index is 374. The fourth-order valence-electron chi connectivity index (χ4n) is 2.29. The van der Waals surface area contributed by atoms with Gasteiger partial charge in [-0.25, -0.2) is 0 Å². The molecule has 1 saturated heterocycles. The lowest BCUT2D eigenvalue weighted by molar-refractivity contribution is 0.0733. The van der Waals surface area contributed by atoms with Crippen LogP contribution in [0.4, 0.5) is 0 Å². The van der Waals surface area contributed by atoms with E-state index in [0.717, 1.165) is 31.4 Å². The summed E-state index contributed by atoms with van der Waals surface area (Å²) in [5, 5.41) is 0. The van der Waals surface area contributed by atoms with E-state index < -0.39 is 0 Å². The summed E-state index contributed by atoms with van der Waals surface area (Å²) < 4.78 is 1.17. The Morgan fingerprint density at radius 1 is 1.44 bits per heavy atom. The largest absolute Gasteiger partial charge is 0.336 e. The number of halogens is 1. The van der Waals surface area contributed by atoms with Crippen molar-refractivity contribution in [1.29, 1.82) is 0 Å². The summed E-state index contributed by atoms with van der Waals surface area (Å²) in [6.45, 7) is 3.08. The van der Waals surface area contributed by atoms with Crippen LogP contribution in [0.5, 0.6) is 0 Å². The molecule has 0 spiro atoms. The van der Waals surface area contributed by atoms with Gasteiger partial charge in [0.15, 0.2) is 0 Å². The van der Waals surface area contributed by atoms with Crippen LogP contribution in [-0.2, 0) is 0 Å². The molecule has 0 bridgehead atoms. The van der Waals surface area contributed by atoms with Crippen LogP contribution >= 0.6 is 22.6 Å². The van der Waals surface area contributed by atoms with Gasteiger partial charge in [0.1, 0.15) is 0 Å². The van der Waals surface area contributed by atoms with Gasteiger partial charge in [-0.15, -0.1) is 0 Å². The monoisotopic (exact) mass is 329 g/mol. The Morgan fingerprint density at radius 3 is 2.75 bits per heavy atom. The van der Waals surface area contributed by atoms with E-state index in [2.05, 4.69) is 29.5 Å². The van der Waals surface area contributed by atoms with Crippen molar-refractivity contribution in [3.63, 3.8) is 0 Å². The normalized spacial score (nSPS) is 20.1. The number of nitrogens with zero attached hydrogens (tertiary/aromatic N) is 1. The van der Waals surface area contributed by atoms with E-state index in [9.17, 15) is 4.79 Å². The predicted octanol–water partition coefficient (Wildman–Crippen LogP) is 3.31. The summed E-state index contributed by atoms with van der Waals surface area (Å²) >= 11 is 2.25. The summed E-state index contributed by atoms with van der Waals surface area (Å²) in [7, 11) is 0. The molecule has 1 heterocycles. The molecule has 2 nitrogen and oxygen atoms in total. The van der Waals surface area contributed by atoms with Crippen molar-refractivity contribution in [1.82, 2.24) is 4.90 Å². The quantitative estimate of drug-likeness (QED) is 0.763. The van der Waals surface area contributed by atoms with Crippen molar-refractivity contribution in [2.75, 3.05) is 6.54 Å². The minimum Gasteiger partial charge on any atom is -0.336 e. The van der Waals surface area contributed by atoms with Gasteiger partial charge in [-0.05, 0) is 66.1 Å². The Kier molecular flexibility index (Phi) is 3.84. The molecule has 1 aliphatic heterocycles. The molecule has 1 aliphatic rings. The highest BCUT2D eigenvalue weighted by Gasteiger charge is 2.27. The molecule has 0 aliphatic carbocycles. The van der Waals surface area contributed by atoms with E-state index in [1.165, 1.54) is 3.57 Å². The van der Waals surface area contributed by atoms with E-state index in [-0.39, 0.29) is 5.91 Å². The second kappa shape index (κ2) is 5.17. The Balaban J connectivity index is 2.15. The first-order valence-electron chi connectivity index (χ1n) is 5.79. The molecule has 1 aromatic rings. The molecule has 1 fully saturated rings. The van der Waals surface area contributed by atoms with Gasteiger partial charge >= 0.3 is 0 Å². The Hall–Kier alpha value is -0.580. The molecule has 86 valence electrons. The molecule has 1 unspecified atom stereocenters. The van der Waals surface area contributed by atoms with Crippen molar-refractivity contribution in [3.8, 4) is 0 Å². The van der Waals surface area contributed by atoms with E-state index in [4.69, 9.17) is 0 Å². The molecule has 2 rings (SSSR count). The van der Waals surface area contributed by atoms with Crippen LogP contribution in [0.2, 0.25) is 0 Å². The highest BCUT2D eigenvalue weighted by atomic mass is 127. The molecule has 16 heavy (non-hydrogen) atoms. The molecular weight excluding hydrogens is 313 g/mol. The lowest BCUT2D eigenvalue weighted by atomic mass is 10.1. The van der Waals surface area contributed by atoms with Gasteiger partial charge in [0.25, 0.3) is 5.91 Å². The second-order valence-corrected chi connectivity index (χ2v) is 5.46. The SMILES string of the molecule is CCC1CCCN1C(=O)c1ccc(I)cc1. The fourth-order valence-corrected chi connectivity index (χ4v) is 2.65. The highest BCUT2D eigenvalue weighted by Crippen LogP contribution is 2.22. The minimum absolute atomic E-state index is 0.195. The molecule has 1 atom stereocenters. The van der Waals surface area contributed by atoms with Crippen LogP contribution in [0.15, 0.2) is 24.3 Å². The number of hydrogen-bond donors (Lipinski definition) is 0. The zero-order chi connectivity index (χ0) is 11.5. The molecule has 1 amide bonds. The van der Waals surface area contributed by atoms with Crippen LogP contribution in [-0.4, -0.2) is 23.4 Å². The number of hydrogen-bond acceptors (Lipinski definition) is 1. The third kappa shape index (κ3) is 2.39. The van der Waals surface area contributed by atoms with Crippen LogP contribution in [0.25, 0.3) is 0 Å². The van der Waals surface area contributed by atoms with Gasteiger partial charge in [0, 0.05) is 21.7 Å². The number of benzene rings is 1. The van der Waals surface area contributed by atoms with Crippen molar-refractivity contribution < 1.29 is 4.79 Å². The molecule has 0 radical (unpaired) electrons. The first-order chi connectivity index (χ1) is 7.72. The zero-order valence-electron chi connectivity index (χ0n) is 9.45. The smallest absolute Gasteiger partial charge is 0.254 e. The second-order valence-electron chi connectivity index (χ2n) is 4.21. The average molecular weight is 329 g/mol. The van der Waals surface area contributed by atoms with Crippen molar-refractivity contribution in [3.05, 3.63) is 33.4 Å². The number of likely N-dealkylation sites (tertiary alicyclic amines) is 1. The maximum absolute atomic E-state index is 12.3. The van der Waals surface area contributed by atoms with Gasteiger partial charge in [-0.1, -0.05) is 6.92 Å².